The summed E-state index contributed by atoms with van der Waals surface area (Å²) >= 11 is 0. The van der Waals surface area contributed by atoms with Crippen molar-refractivity contribution in [3.63, 3.8) is 0 Å². The van der Waals surface area contributed by atoms with Gasteiger partial charge in [0, 0.05) is 11.4 Å². The molecule has 2 N–H and O–H groups in total. The molecule has 0 saturated heterocycles. The first kappa shape index (κ1) is 18.1. The van der Waals surface area contributed by atoms with Gasteiger partial charge in [0.25, 0.3) is 5.56 Å². The summed E-state index contributed by atoms with van der Waals surface area (Å²) in [6, 6.07) is 6.47. The van der Waals surface area contributed by atoms with Crippen LogP contribution in [0.15, 0.2) is 29.1 Å². The average Bonchev–Trinajstić information content (AvgIpc) is 2.61. The summed E-state index contributed by atoms with van der Waals surface area (Å²) in [6.07, 6.45) is 3.13. The lowest BCUT2D eigenvalue weighted by Gasteiger charge is -2.34. The van der Waals surface area contributed by atoms with Crippen molar-refractivity contribution in [2.75, 3.05) is 0 Å². The van der Waals surface area contributed by atoms with Crippen molar-refractivity contribution in [2.24, 2.45) is 11.8 Å². The topological polar surface area (TPSA) is 101 Å². The van der Waals surface area contributed by atoms with E-state index in [1.807, 2.05) is 0 Å². The fraction of sp³-hybridized carbons (Fsp3) is 0.474. The second-order valence-corrected chi connectivity index (χ2v) is 7.10. The van der Waals surface area contributed by atoms with Crippen molar-refractivity contribution in [2.45, 2.75) is 45.7 Å². The van der Waals surface area contributed by atoms with Crippen LogP contribution in [-0.2, 0) is 11.3 Å². The molecule has 1 saturated carbocycles. The van der Waals surface area contributed by atoms with Crippen LogP contribution in [0.2, 0.25) is 0 Å². The van der Waals surface area contributed by atoms with E-state index in [1.165, 1.54) is 0 Å². The maximum atomic E-state index is 12.6. The van der Waals surface area contributed by atoms with Gasteiger partial charge in [0.05, 0.1) is 5.39 Å². The zero-order chi connectivity index (χ0) is 18.8. The second kappa shape index (κ2) is 7.27. The Kier molecular flexibility index (Phi) is 5.06. The summed E-state index contributed by atoms with van der Waals surface area (Å²) in [5, 5.41) is 16.8. The highest BCUT2D eigenvalue weighted by molar-refractivity contribution is 6.01. The smallest absolute Gasteiger partial charge is 0.357 e. The molecule has 0 bridgehead atoms. The Morgan fingerprint density at radius 2 is 1.92 bits per heavy atom. The predicted molar refractivity (Wildman–Crippen MR) is 97.1 cm³/mol. The van der Waals surface area contributed by atoms with E-state index in [1.54, 1.807) is 24.3 Å². The van der Waals surface area contributed by atoms with Crippen LogP contribution in [-0.4, -0.2) is 32.8 Å². The van der Waals surface area contributed by atoms with Crippen LogP contribution >= 0.6 is 0 Å². The quantitative estimate of drug-likeness (QED) is 0.872. The molecule has 1 aliphatic carbocycles. The van der Waals surface area contributed by atoms with Gasteiger partial charge in [-0.1, -0.05) is 44.9 Å². The molecule has 7 heteroatoms. The fourth-order valence-electron chi connectivity index (χ4n) is 3.67. The molecule has 2 aromatic rings. The summed E-state index contributed by atoms with van der Waals surface area (Å²) in [5.41, 5.74) is -0.696. The monoisotopic (exact) mass is 357 g/mol. The molecular formula is C19H23N3O4. The largest absolute Gasteiger partial charge is 0.476 e. The van der Waals surface area contributed by atoms with Gasteiger partial charge in [0.1, 0.15) is 6.54 Å². The highest BCUT2D eigenvalue weighted by Gasteiger charge is 2.28. The third kappa shape index (κ3) is 3.47. The molecule has 0 spiro atoms. The van der Waals surface area contributed by atoms with Crippen LogP contribution in [0.1, 0.15) is 43.6 Å². The number of hydrogen-bond acceptors (Lipinski definition) is 4. The Hall–Kier alpha value is -2.70. The number of nitrogens with zero attached hydrogens (tertiary/aromatic N) is 2. The number of carboxylic acid groups (broad SMARTS) is 1. The van der Waals surface area contributed by atoms with Crippen LogP contribution in [0.25, 0.3) is 10.8 Å². The van der Waals surface area contributed by atoms with Crippen molar-refractivity contribution >= 4 is 22.6 Å². The van der Waals surface area contributed by atoms with E-state index in [2.05, 4.69) is 24.3 Å². The maximum Gasteiger partial charge on any atom is 0.357 e. The molecule has 3 rings (SSSR count). The van der Waals surface area contributed by atoms with Crippen molar-refractivity contribution in [1.29, 1.82) is 0 Å². The Morgan fingerprint density at radius 3 is 2.62 bits per heavy atom. The van der Waals surface area contributed by atoms with E-state index >= 15 is 0 Å². The molecule has 0 radical (unpaired) electrons. The molecule has 7 nitrogen and oxygen atoms in total. The van der Waals surface area contributed by atoms with Gasteiger partial charge in [-0.05, 0) is 24.3 Å². The van der Waals surface area contributed by atoms with E-state index in [0.29, 0.717) is 11.8 Å². The number of hydrogen-bond donors (Lipinski definition) is 2. The molecule has 1 fully saturated rings. The van der Waals surface area contributed by atoms with Gasteiger partial charge in [-0.25, -0.2) is 9.48 Å². The Morgan fingerprint density at radius 1 is 1.23 bits per heavy atom. The summed E-state index contributed by atoms with van der Waals surface area (Å²) in [5.74, 6) is -0.653. The predicted octanol–water partition coefficient (Wildman–Crippen LogP) is 2.04. The number of carbonyl (C=O) groups excluding carboxylic acids is 1. The van der Waals surface area contributed by atoms with Gasteiger partial charge in [-0.15, -0.1) is 0 Å². The number of rotatable bonds is 4. The lowest BCUT2D eigenvalue weighted by atomic mass is 9.78. The SMILES string of the molecule is C[C@H]1[C@H](C)CCC[C@@H]1NC(=O)Cn1nc(C(=O)O)c2ccccc2c1=O. The summed E-state index contributed by atoms with van der Waals surface area (Å²) in [6.45, 7) is 4.01. The molecule has 0 aliphatic heterocycles. The number of benzene rings is 1. The molecule has 1 heterocycles. The first-order valence-corrected chi connectivity index (χ1v) is 8.91. The van der Waals surface area contributed by atoms with Crippen LogP contribution in [0.5, 0.6) is 0 Å². The van der Waals surface area contributed by atoms with Gasteiger partial charge < -0.3 is 10.4 Å². The highest BCUT2D eigenvalue weighted by Crippen LogP contribution is 2.29. The van der Waals surface area contributed by atoms with E-state index in [9.17, 15) is 19.5 Å². The number of carboxylic acids is 1. The summed E-state index contributed by atoms with van der Waals surface area (Å²) in [4.78, 5) is 36.5. The molecule has 1 aliphatic rings. The molecule has 26 heavy (non-hydrogen) atoms. The van der Waals surface area contributed by atoms with E-state index in [4.69, 9.17) is 0 Å². The number of aromatic nitrogens is 2. The van der Waals surface area contributed by atoms with E-state index in [-0.39, 0.29) is 35.0 Å². The molecule has 138 valence electrons. The standard InChI is InChI=1S/C19H23N3O4/c1-11-6-5-9-15(12(11)2)20-16(23)10-22-18(24)14-8-4-3-7-13(14)17(21-22)19(25)26/h3-4,7-8,11-12,15H,5-6,9-10H2,1-2H3,(H,20,23)(H,25,26)/t11-,12+,15+/m1/s1. The zero-order valence-electron chi connectivity index (χ0n) is 14.9. The van der Waals surface area contributed by atoms with Crippen molar-refractivity contribution in [3.05, 3.63) is 40.3 Å². The minimum absolute atomic E-state index is 0.0707. The van der Waals surface area contributed by atoms with Gasteiger partial charge in [0.15, 0.2) is 5.69 Å². The first-order valence-electron chi connectivity index (χ1n) is 8.91. The normalized spacial score (nSPS) is 22.9. The lowest BCUT2D eigenvalue weighted by Crippen LogP contribution is -2.46. The van der Waals surface area contributed by atoms with Crippen LogP contribution in [0, 0.1) is 11.8 Å². The van der Waals surface area contributed by atoms with Crippen LogP contribution in [0.3, 0.4) is 0 Å². The van der Waals surface area contributed by atoms with Crippen molar-refractivity contribution in [1.82, 2.24) is 15.1 Å². The van der Waals surface area contributed by atoms with Gasteiger partial charge >= 0.3 is 5.97 Å². The highest BCUT2D eigenvalue weighted by atomic mass is 16.4. The zero-order valence-corrected chi connectivity index (χ0v) is 14.9. The number of amides is 1. The third-order valence-electron chi connectivity index (χ3n) is 5.42. The average molecular weight is 357 g/mol. The first-order chi connectivity index (χ1) is 12.4. The third-order valence-corrected chi connectivity index (χ3v) is 5.42. The Labute approximate surface area is 151 Å². The van der Waals surface area contributed by atoms with Crippen LogP contribution in [0.4, 0.5) is 0 Å². The lowest BCUT2D eigenvalue weighted by molar-refractivity contribution is -0.123. The maximum absolute atomic E-state index is 12.6. The Balaban J connectivity index is 1.86. The van der Waals surface area contributed by atoms with Gasteiger partial charge in [-0.3, -0.25) is 9.59 Å². The molecule has 1 amide bonds. The Bertz CT molecular complexity index is 905. The summed E-state index contributed by atoms with van der Waals surface area (Å²) in [7, 11) is 0. The minimum Gasteiger partial charge on any atom is -0.476 e. The van der Waals surface area contributed by atoms with Crippen molar-refractivity contribution in [3.8, 4) is 0 Å². The van der Waals surface area contributed by atoms with E-state index < -0.39 is 11.5 Å². The number of fused-ring (bicyclic) bond motifs is 1. The second-order valence-electron chi connectivity index (χ2n) is 7.10. The van der Waals surface area contributed by atoms with Crippen molar-refractivity contribution < 1.29 is 14.7 Å². The fourth-order valence-corrected chi connectivity index (χ4v) is 3.67. The molecule has 1 aromatic heterocycles. The van der Waals surface area contributed by atoms with Gasteiger partial charge in [-0.2, -0.15) is 5.10 Å². The minimum atomic E-state index is -1.23. The number of aromatic carboxylic acids is 1. The molecule has 0 unspecified atom stereocenters. The van der Waals surface area contributed by atoms with Crippen LogP contribution < -0.4 is 10.9 Å². The molecular weight excluding hydrogens is 334 g/mol. The van der Waals surface area contributed by atoms with E-state index in [0.717, 1.165) is 23.9 Å². The summed E-state index contributed by atoms with van der Waals surface area (Å²) < 4.78 is 0.943. The van der Waals surface area contributed by atoms with Gasteiger partial charge in [0.2, 0.25) is 5.91 Å². The number of carbonyl (C=O) groups is 2. The molecule has 3 atom stereocenters. The number of nitrogens with one attached hydrogen (secondary N) is 1. The molecule has 1 aromatic carbocycles.